The maximum atomic E-state index is 13.4. The number of amides is 1. The van der Waals surface area contributed by atoms with Crippen LogP contribution in [-0.2, 0) is 9.47 Å². The first-order valence-corrected chi connectivity index (χ1v) is 5.93. The van der Waals surface area contributed by atoms with Crippen molar-refractivity contribution in [1.82, 2.24) is 5.32 Å². The smallest absolute Gasteiger partial charge is 0.257 e. The molecule has 104 valence electrons. The van der Waals surface area contributed by atoms with Gasteiger partial charge in [-0.05, 0) is 26.0 Å². The number of hydrogen-bond acceptors (Lipinski definition) is 3. The van der Waals surface area contributed by atoms with Crippen LogP contribution in [0.5, 0.6) is 0 Å². The summed E-state index contributed by atoms with van der Waals surface area (Å²) in [7, 11) is 0. The lowest BCUT2D eigenvalue weighted by Crippen LogP contribution is -2.35. The maximum Gasteiger partial charge on any atom is 0.257 e. The van der Waals surface area contributed by atoms with Gasteiger partial charge in [0, 0.05) is 6.54 Å². The van der Waals surface area contributed by atoms with Gasteiger partial charge in [0.2, 0.25) is 0 Å². The van der Waals surface area contributed by atoms with Crippen molar-refractivity contribution in [3.63, 3.8) is 0 Å². The summed E-state index contributed by atoms with van der Waals surface area (Å²) in [6.07, 6.45) is -0.325. The van der Waals surface area contributed by atoms with E-state index in [1.54, 1.807) is 13.8 Å². The molecule has 6 heteroatoms. The van der Waals surface area contributed by atoms with Gasteiger partial charge in [-0.2, -0.15) is 0 Å². The van der Waals surface area contributed by atoms with Gasteiger partial charge in [-0.1, -0.05) is 6.07 Å². The third-order valence-electron chi connectivity index (χ3n) is 2.75. The minimum atomic E-state index is -0.888. The monoisotopic (exact) mass is 271 g/mol. The first-order chi connectivity index (χ1) is 8.89. The van der Waals surface area contributed by atoms with Crippen LogP contribution in [0.15, 0.2) is 18.2 Å². The summed E-state index contributed by atoms with van der Waals surface area (Å²) in [6.45, 7) is 3.97. The SMILES string of the molecule is CC1(C)OCC(CNC(=O)c2c(F)cccc2F)O1. The highest BCUT2D eigenvalue weighted by Gasteiger charge is 2.32. The summed E-state index contributed by atoms with van der Waals surface area (Å²) >= 11 is 0. The van der Waals surface area contributed by atoms with Crippen molar-refractivity contribution >= 4 is 5.91 Å². The van der Waals surface area contributed by atoms with Crippen LogP contribution >= 0.6 is 0 Å². The molecule has 1 aromatic rings. The Labute approximate surface area is 109 Å². The van der Waals surface area contributed by atoms with Crippen LogP contribution in [0.25, 0.3) is 0 Å². The molecule has 1 aliphatic heterocycles. The molecule has 1 heterocycles. The second-order valence-electron chi connectivity index (χ2n) is 4.76. The molecular formula is C13H15F2NO3. The minimum absolute atomic E-state index is 0.135. The Hall–Kier alpha value is -1.53. The Bertz CT molecular complexity index is 471. The van der Waals surface area contributed by atoms with Gasteiger partial charge in [0.15, 0.2) is 5.79 Å². The zero-order valence-electron chi connectivity index (χ0n) is 10.7. The van der Waals surface area contributed by atoms with Crippen molar-refractivity contribution in [2.75, 3.05) is 13.2 Å². The molecule has 0 aliphatic carbocycles. The molecule has 1 aromatic carbocycles. The van der Waals surface area contributed by atoms with E-state index in [2.05, 4.69) is 5.32 Å². The first kappa shape index (κ1) is 13.9. The van der Waals surface area contributed by atoms with Crippen molar-refractivity contribution < 1.29 is 23.0 Å². The van der Waals surface area contributed by atoms with Crippen LogP contribution < -0.4 is 5.32 Å². The molecule has 1 fully saturated rings. The van der Waals surface area contributed by atoms with Gasteiger partial charge in [0.05, 0.1) is 6.61 Å². The summed E-state index contributed by atoms with van der Waals surface area (Å²) < 4.78 is 37.5. The lowest BCUT2D eigenvalue weighted by atomic mass is 10.2. The molecule has 0 saturated carbocycles. The third-order valence-corrected chi connectivity index (χ3v) is 2.75. The second kappa shape index (κ2) is 5.22. The fourth-order valence-electron chi connectivity index (χ4n) is 1.87. The van der Waals surface area contributed by atoms with Gasteiger partial charge < -0.3 is 14.8 Å². The van der Waals surface area contributed by atoms with E-state index < -0.39 is 28.9 Å². The minimum Gasteiger partial charge on any atom is -0.349 e. The highest BCUT2D eigenvalue weighted by atomic mass is 19.1. The zero-order valence-corrected chi connectivity index (χ0v) is 10.7. The van der Waals surface area contributed by atoms with Crippen LogP contribution in [-0.4, -0.2) is 30.9 Å². The quantitative estimate of drug-likeness (QED) is 0.912. The molecule has 1 N–H and O–H groups in total. The molecule has 1 aliphatic rings. The van der Waals surface area contributed by atoms with Crippen molar-refractivity contribution in [1.29, 1.82) is 0 Å². The molecular weight excluding hydrogens is 256 g/mol. The maximum absolute atomic E-state index is 13.4. The zero-order chi connectivity index (χ0) is 14.0. The molecule has 1 amide bonds. The largest absolute Gasteiger partial charge is 0.349 e. The second-order valence-corrected chi connectivity index (χ2v) is 4.76. The summed E-state index contributed by atoms with van der Waals surface area (Å²) in [4.78, 5) is 11.7. The van der Waals surface area contributed by atoms with Crippen molar-refractivity contribution in [2.24, 2.45) is 0 Å². The van der Waals surface area contributed by atoms with E-state index in [1.165, 1.54) is 6.07 Å². The molecule has 1 saturated heterocycles. The number of benzene rings is 1. The Morgan fingerprint density at radius 3 is 2.58 bits per heavy atom. The lowest BCUT2D eigenvalue weighted by molar-refractivity contribution is -0.137. The molecule has 4 nitrogen and oxygen atoms in total. The average Bonchev–Trinajstić information content (AvgIpc) is 2.66. The first-order valence-electron chi connectivity index (χ1n) is 5.93. The average molecular weight is 271 g/mol. The van der Waals surface area contributed by atoms with Crippen molar-refractivity contribution in [3.8, 4) is 0 Å². The molecule has 1 unspecified atom stereocenters. The summed E-state index contributed by atoms with van der Waals surface area (Å²) in [5, 5.41) is 2.44. The summed E-state index contributed by atoms with van der Waals surface area (Å²) in [6, 6.07) is 3.28. The van der Waals surface area contributed by atoms with Crippen LogP contribution in [0, 0.1) is 11.6 Å². The van der Waals surface area contributed by atoms with E-state index in [-0.39, 0.29) is 12.6 Å². The normalized spacial score (nSPS) is 21.4. The number of carbonyl (C=O) groups excluding carboxylic acids is 1. The molecule has 0 bridgehead atoms. The van der Waals surface area contributed by atoms with Gasteiger partial charge in [0.25, 0.3) is 5.91 Å². The van der Waals surface area contributed by atoms with E-state index in [0.29, 0.717) is 6.61 Å². The number of ether oxygens (including phenoxy) is 2. The van der Waals surface area contributed by atoms with Crippen LogP contribution in [0.3, 0.4) is 0 Å². The summed E-state index contributed by atoms with van der Waals surface area (Å²) in [5.74, 6) is -3.27. The van der Waals surface area contributed by atoms with E-state index in [9.17, 15) is 13.6 Å². The Morgan fingerprint density at radius 2 is 2.05 bits per heavy atom. The Balaban J connectivity index is 1.95. The number of nitrogens with one attached hydrogen (secondary N) is 1. The van der Waals surface area contributed by atoms with Gasteiger partial charge >= 0.3 is 0 Å². The highest BCUT2D eigenvalue weighted by molar-refractivity contribution is 5.94. The molecule has 2 rings (SSSR count). The van der Waals surface area contributed by atoms with Crippen LogP contribution in [0.4, 0.5) is 8.78 Å². The van der Waals surface area contributed by atoms with E-state index in [0.717, 1.165) is 12.1 Å². The standard InChI is InChI=1S/C13H15F2NO3/c1-13(2)18-7-8(19-13)6-16-12(17)11-9(14)4-3-5-10(11)15/h3-5,8H,6-7H2,1-2H3,(H,16,17). The molecule has 0 aromatic heterocycles. The lowest BCUT2D eigenvalue weighted by Gasteiger charge is -2.17. The molecule has 1 atom stereocenters. The molecule has 0 radical (unpaired) electrons. The predicted octanol–water partition coefficient (Wildman–Crippen LogP) is 1.85. The number of hydrogen-bond donors (Lipinski definition) is 1. The van der Waals surface area contributed by atoms with Crippen LogP contribution in [0.1, 0.15) is 24.2 Å². The fourth-order valence-corrected chi connectivity index (χ4v) is 1.87. The number of rotatable bonds is 3. The topological polar surface area (TPSA) is 47.6 Å². The van der Waals surface area contributed by atoms with Gasteiger partial charge in [0.1, 0.15) is 23.3 Å². The number of halogens is 2. The van der Waals surface area contributed by atoms with Gasteiger partial charge in [-0.25, -0.2) is 8.78 Å². The highest BCUT2D eigenvalue weighted by Crippen LogP contribution is 2.21. The van der Waals surface area contributed by atoms with E-state index in [4.69, 9.17) is 9.47 Å². The van der Waals surface area contributed by atoms with Crippen LogP contribution in [0.2, 0.25) is 0 Å². The van der Waals surface area contributed by atoms with Gasteiger partial charge in [-0.3, -0.25) is 4.79 Å². The third kappa shape index (κ3) is 3.27. The predicted molar refractivity (Wildman–Crippen MR) is 63.6 cm³/mol. The molecule has 0 spiro atoms. The van der Waals surface area contributed by atoms with Crippen molar-refractivity contribution in [2.45, 2.75) is 25.7 Å². The Morgan fingerprint density at radius 1 is 1.42 bits per heavy atom. The van der Waals surface area contributed by atoms with E-state index >= 15 is 0 Å². The molecule has 19 heavy (non-hydrogen) atoms. The summed E-state index contributed by atoms with van der Waals surface area (Å²) in [5.41, 5.74) is -0.583. The fraction of sp³-hybridized carbons (Fsp3) is 0.462. The van der Waals surface area contributed by atoms with Crippen molar-refractivity contribution in [3.05, 3.63) is 35.4 Å². The van der Waals surface area contributed by atoms with Gasteiger partial charge in [-0.15, -0.1) is 0 Å². The Kier molecular flexibility index (Phi) is 3.82. The number of carbonyl (C=O) groups is 1. The van der Waals surface area contributed by atoms with E-state index in [1.807, 2.05) is 0 Å².